The zero-order valence-electron chi connectivity index (χ0n) is 11.9. The van der Waals surface area contributed by atoms with Gasteiger partial charge >= 0.3 is 34.5 Å². The van der Waals surface area contributed by atoms with Crippen molar-refractivity contribution in [1.29, 1.82) is 0 Å². The van der Waals surface area contributed by atoms with Crippen LogP contribution in [0, 0.1) is 11.8 Å². The summed E-state index contributed by atoms with van der Waals surface area (Å²) >= 11 is -0.346. The Bertz CT molecular complexity index is 408. The Morgan fingerprint density at radius 2 is 0.955 bits per heavy atom. The van der Waals surface area contributed by atoms with Gasteiger partial charge in [0.05, 0.1) is 0 Å². The SMILES string of the molecule is C1=CC2C=CC1C2.[Cl][Ru][Cl].c1ccncc1.c1ccncc1. The number of hydrogen-bond donors (Lipinski definition) is 0. The minimum atomic E-state index is -0.346. The number of halogens is 2. The largest absolute Gasteiger partial charge is 0.265 e. The van der Waals surface area contributed by atoms with Gasteiger partial charge in [-0.2, -0.15) is 0 Å². The van der Waals surface area contributed by atoms with Crippen molar-refractivity contribution in [3.05, 3.63) is 85.5 Å². The van der Waals surface area contributed by atoms with Crippen LogP contribution in [-0.2, 0) is 15.1 Å². The van der Waals surface area contributed by atoms with E-state index in [1.807, 2.05) is 36.4 Å². The van der Waals surface area contributed by atoms with Gasteiger partial charge in [0.2, 0.25) is 0 Å². The third-order valence-electron chi connectivity index (χ3n) is 2.89. The minimum absolute atomic E-state index is 0.346. The van der Waals surface area contributed by atoms with Crippen molar-refractivity contribution in [2.45, 2.75) is 6.42 Å². The second-order valence-electron chi connectivity index (χ2n) is 4.43. The molecule has 5 heteroatoms. The van der Waals surface area contributed by atoms with Crippen molar-refractivity contribution in [2.24, 2.45) is 11.8 Å². The fourth-order valence-corrected chi connectivity index (χ4v) is 1.95. The first-order chi connectivity index (χ1) is 10.9. The molecule has 0 fully saturated rings. The number of aromatic nitrogens is 2. The van der Waals surface area contributed by atoms with Crippen molar-refractivity contribution in [1.82, 2.24) is 9.97 Å². The Labute approximate surface area is 148 Å². The summed E-state index contributed by atoms with van der Waals surface area (Å²) in [4.78, 5) is 7.57. The molecule has 0 N–H and O–H groups in total. The quantitative estimate of drug-likeness (QED) is 0.426. The van der Waals surface area contributed by atoms with Crippen molar-refractivity contribution >= 4 is 19.4 Å². The van der Waals surface area contributed by atoms with Crippen molar-refractivity contribution in [3.8, 4) is 0 Å². The van der Waals surface area contributed by atoms with E-state index in [9.17, 15) is 0 Å². The molecular formula is C17H18Cl2N2Ru. The van der Waals surface area contributed by atoms with E-state index >= 15 is 0 Å². The first-order valence-corrected chi connectivity index (χ1v) is 11.3. The standard InChI is InChI=1S/C7H8.2C5H5N.2ClH.Ru/c1-2-7-4-3-6(1)5-7;2*1-2-4-6-5-3-1;;;/h1-4,6-7H,5H2;2*1-5H;2*1H;/q;;;;;+2/p-2. The fourth-order valence-electron chi connectivity index (χ4n) is 1.95. The van der Waals surface area contributed by atoms with Crippen LogP contribution in [0.15, 0.2) is 85.5 Å². The maximum atomic E-state index is 4.85. The monoisotopic (exact) mass is 422 g/mol. The maximum absolute atomic E-state index is 4.85. The summed E-state index contributed by atoms with van der Waals surface area (Å²) in [7, 11) is 9.71. The number of hydrogen-bond acceptors (Lipinski definition) is 2. The Kier molecular flexibility index (Phi) is 11.8. The van der Waals surface area contributed by atoms with E-state index in [0.717, 1.165) is 11.8 Å². The van der Waals surface area contributed by atoms with Crippen LogP contribution in [0.2, 0.25) is 0 Å². The van der Waals surface area contributed by atoms with E-state index in [4.69, 9.17) is 19.4 Å². The van der Waals surface area contributed by atoms with Gasteiger partial charge in [-0.25, -0.2) is 0 Å². The molecule has 0 aromatic carbocycles. The molecule has 2 aliphatic rings. The van der Waals surface area contributed by atoms with Gasteiger partial charge in [0.1, 0.15) is 0 Å². The van der Waals surface area contributed by atoms with Gasteiger partial charge in [-0.1, -0.05) is 36.4 Å². The Morgan fingerprint density at radius 3 is 1.05 bits per heavy atom. The summed E-state index contributed by atoms with van der Waals surface area (Å²) < 4.78 is 0. The topological polar surface area (TPSA) is 25.8 Å². The van der Waals surface area contributed by atoms with E-state index in [1.165, 1.54) is 6.42 Å². The molecule has 2 aromatic heterocycles. The molecule has 2 heterocycles. The third kappa shape index (κ3) is 9.84. The van der Waals surface area contributed by atoms with Crippen LogP contribution in [0.3, 0.4) is 0 Å². The average Bonchev–Trinajstić information content (AvgIpc) is 3.26. The van der Waals surface area contributed by atoms with Crippen molar-refractivity contribution < 1.29 is 15.1 Å². The summed E-state index contributed by atoms with van der Waals surface area (Å²) in [5.41, 5.74) is 0. The number of pyridine rings is 2. The van der Waals surface area contributed by atoms with Crippen molar-refractivity contribution in [2.75, 3.05) is 0 Å². The molecule has 0 atom stereocenters. The second-order valence-corrected chi connectivity index (χ2v) is 7.07. The first-order valence-electron chi connectivity index (χ1n) is 6.78. The van der Waals surface area contributed by atoms with Gasteiger partial charge in [-0.3, -0.25) is 9.97 Å². The van der Waals surface area contributed by atoms with Crippen LogP contribution in [0.25, 0.3) is 0 Å². The zero-order chi connectivity index (χ0) is 15.9. The molecule has 0 saturated carbocycles. The first kappa shape index (κ1) is 19.0. The number of allylic oxidation sites excluding steroid dienone is 4. The Balaban J connectivity index is 0.000000153. The molecule has 0 unspecified atom stereocenters. The molecule has 0 aliphatic heterocycles. The van der Waals surface area contributed by atoms with Crippen LogP contribution >= 0.6 is 19.4 Å². The Hall–Kier alpha value is -1.02. The van der Waals surface area contributed by atoms with E-state index in [-0.39, 0.29) is 15.1 Å². The van der Waals surface area contributed by atoms with Crippen LogP contribution < -0.4 is 0 Å². The molecule has 2 aromatic rings. The summed E-state index contributed by atoms with van der Waals surface area (Å²) in [5.74, 6) is 1.62. The molecule has 0 amide bonds. The van der Waals surface area contributed by atoms with Gasteiger partial charge < -0.3 is 0 Å². The van der Waals surface area contributed by atoms with Crippen LogP contribution in [0.5, 0.6) is 0 Å². The third-order valence-corrected chi connectivity index (χ3v) is 2.89. The molecule has 4 rings (SSSR count). The van der Waals surface area contributed by atoms with Gasteiger partial charge in [-0.15, -0.1) is 0 Å². The van der Waals surface area contributed by atoms with Crippen LogP contribution in [0.1, 0.15) is 6.42 Å². The number of fused-ring (bicyclic) bond motifs is 2. The molecule has 22 heavy (non-hydrogen) atoms. The van der Waals surface area contributed by atoms with Crippen molar-refractivity contribution in [3.63, 3.8) is 0 Å². The van der Waals surface area contributed by atoms with Crippen LogP contribution in [0.4, 0.5) is 0 Å². The molecule has 2 bridgehead atoms. The number of nitrogens with zero attached hydrogens (tertiary/aromatic N) is 2. The average molecular weight is 422 g/mol. The van der Waals surface area contributed by atoms with E-state index in [1.54, 1.807) is 24.8 Å². The van der Waals surface area contributed by atoms with E-state index < -0.39 is 0 Å². The Morgan fingerprint density at radius 1 is 0.636 bits per heavy atom. The van der Waals surface area contributed by atoms with Gasteiger partial charge in [0, 0.05) is 24.8 Å². The van der Waals surface area contributed by atoms with E-state index in [0.29, 0.717) is 0 Å². The molecule has 0 radical (unpaired) electrons. The maximum Gasteiger partial charge on any atom is 0.0267 e. The van der Waals surface area contributed by atoms with Gasteiger partial charge in [0.15, 0.2) is 0 Å². The fraction of sp³-hybridized carbons (Fsp3) is 0.176. The zero-order valence-corrected chi connectivity index (χ0v) is 15.2. The summed E-state index contributed by atoms with van der Waals surface area (Å²) in [6.45, 7) is 0. The van der Waals surface area contributed by atoms with E-state index in [2.05, 4.69) is 34.3 Å². The van der Waals surface area contributed by atoms with Crippen LogP contribution in [-0.4, -0.2) is 9.97 Å². The predicted octanol–water partition coefficient (Wildman–Crippen LogP) is 5.29. The summed E-state index contributed by atoms with van der Waals surface area (Å²) in [5, 5.41) is 0. The molecule has 118 valence electrons. The molecule has 0 spiro atoms. The molecule has 2 aliphatic carbocycles. The molecule has 0 saturated heterocycles. The summed E-state index contributed by atoms with van der Waals surface area (Å²) in [6, 6.07) is 11.4. The van der Waals surface area contributed by atoms with Gasteiger partial charge in [-0.05, 0) is 42.5 Å². The predicted molar refractivity (Wildman–Crippen MR) is 90.1 cm³/mol. The molecular weight excluding hydrogens is 404 g/mol. The minimum Gasteiger partial charge on any atom is -0.265 e. The normalized spacial score (nSPS) is 19.2. The second kappa shape index (κ2) is 13.6. The summed E-state index contributed by atoms with van der Waals surface area (Å²) in [6.07, 6.45) is 17.5. The molecule has 2 nitrogen and oxygen atoms in total. The number of rotatable bonds is 0. The smallest absolute Gasteiger partial charge is 0.0267 e. The van der Waals surface area contributed by atoms with Gasteiger partial charge in [0.25, 0.3) is 0 Å².